The van der Waals surface area contributed by atoms with E-state index in [1.165, 1.54) is 13.0 Å². The van der Waals surface area contributed by atoms with Crippen molar-refractivity contribution in [1.29, 1.82) is 0 Å². The molecule has 19 nitrogen and oxygen atoms in total. The van der Waals surface area contributed by atoms with Gasteiger partial charge in [0.25, 0.3) is 0 Å². The van der Waals surface area contributed by atoms with Gasteiger partial charge in [-0.25, -0.2) is 4.79 Å². The molecule has 1 N–H and O–H groups in total. The third kappa shape index (κ3) is 6.28. The van der Waals surface area contributed by atoms with Gasteiger partial charge in [0.15, 0.2) is 11.5 Å². The number of para-hydroxylation sites is 1. The Kier molecular flexibility index (Phi) is 8.59. The van der Waals surface area contributed by atoms with E-state index in [1.807, 2.05) is 0 Å². The van der Waals surface area contributed by atoms with E-state index in [9.17, 15) is 50.4 Å². The maximum absolute atomic E-state index is 12.8. The van der Waals surface area contributed by atoms with Crippen LogP contribution in [0.3, 0.4) is 0 Å². The lowest BCUT2D eigenvalue weighted by Crippen LogP contribution is -2.07. The molecular formula is C27H15IN4O15. The minimum Gasteiger partial charge on any atom is -0.502 e. The van der Waals surface area contributed by atoms with Crippen LogP contribution >= 0.6 is 22.6 Å². The molecule has 0 radical (unpaired) electrons. The number of halogens is 1. The van der Waals surface area contributed by atoms with Gasteiger partial charge in [-0.15, -0.1) is 0 Å². The quantitative estimate of drug-likeness (QED) is 0.0771. The zero-order valence-electron chi connectivity index (χ0n) is 23.2. The van der Waals surface area contributed by atoms with Crippen molar-refractivity contribution in [2.75, 3.05) is 6.61 Å². The number of carbonyl (C=O) groups is 1. The summed E-state index contributed by atoms with van der Waals surface area (Å²) in [5.41, 5.74) is -3.87. The molecule has 1 aliphatic rings. The first-order chi connectivity index (χ1) is 22.3. The fourth-order valence-corrected chi connectivity index (χ4v) is 4.70. The number of phenolic OH excluding ortho intramolecular Hbond substituents is 1. The van der Waals surface area contributed by atoms with E-state index in [-0.39, 0.29) is 27.2 Å². The van der Waals surface area contributed by atoms with Crippen LogP contribution in [0.15, 0.2) is 54.6 Å². The Hall–Kier alpha value is -6.32. The molecule has 4 aromatic rings. The number of hydrogen-bond donors (Lipinski definition) is 1. The predicted molar refractivity (Wildman–Crippen MR) is 163 cm³/mol. The van der Waals surface area contributed by atoms with Crippen LogP contribution in [-0.2, 0) is 4.74 Å². The standard InChI is InChI=1S/C27H15IN4O15/c1-2-43-27(34)12-6-23-25(28)24(7-12)47-22-11-20(14(30(37)38)9-16(22)32(41)42)45-18-5-3-4-17(26(18)33)44-19-10-21(46-23)15(31(39)40)8-13(19)29(35)36/h3-11,33H,2H2,1H3. The number of aromatic hydroxyl groups is 1. The molecular weight excluding hydrogens is 747 g/mol. The van der Waals surface area contributed by atoms with Gasteiger partial charge in [0.2, 0.25) is 28.7 Å². The van der Waals surface area contributed by atoms with Crippen LogP contribution in [0.4, 0.5) is 22.7 Å². The smallest absolute Gasteiger partial charge is 0.338 e. The molecule has 0 saturated heterocycles. The van der Waals surface area contributed by atoms with Crippen LogP contribution in [0.1, 0.15) is 17.3 Å². The van der Waals surface area contributed by atoms with Gasteiger partial charge in [-0.05, 0) is 53.8 Å². The topological polar surface area (TPSA) is 256 Å². The number of nitrogens with zero attached hydrogens (tertiary/aromatic N) is 4. The molecule has 4 aromatic carbocycles. The Morgan fingerprint density at radius 1 is 0.660 bits per heavy atom. The van der Waals surface area contributed by atoms with Crippen molar-refractivity contribution in [3.05, 3.63) is 104 Å². The number of fused-ring (bicyclic) bond motifs is 8. The normalized spacial score (nSPS) is 11.5. The lowest BCUT2D eigenvalue weighted by atomic mass is 10.2. The Balaban J connectivity index is 1.87. The lowest BCUT2D eigenvalue weighted by molar-refractivity contribution is -0.395. The molecule has 0 saturated carbocycles. The third-order valence-corrected chi connectivity index (χ3v) is 7.29. The van der Waals surface area contributed by atoms with Gasteiger partial charge in [-0.3, -0.25) is 40.5 Å². The molecule has 1 heterocycles. The number of phenols is 1. The van der Waals surface area contributed by atoms with Crippen molar-refractivity contribution in [3.63, 3.8) is 0 Å². The highest BCUT2D eigenvalue weighted by Gasteiger charge is 2.32. The third-order valence-electron chi connectivity index (χ3n) is 6.23. The fraction of sp³-hybridized carbons (Fsp3) is 0.0741. The molecule has 240 valence electrons. The number of nitro benzene ring substituents is 4. The molecule has 0 spiro atoms. The van der Waals surface area contributed by atoms with Crippen LogP contribution in [0.2, 0.25) is 0 Å². The van der Waals surface area contributed by atoms with Crippen molar-refractivity contribution in [2.45, 2.75) is 6.92 Å². The molecule has 0 atom stereocenters. The van der Waals surface area contributed by atoms with Gasteiger partial charge >= 0.3 is 28.7 Å². The van der Waals surface area contributed by atoms with Gasteiger partial charge in [0.05, 0.1) is 35.4 Å². The first-order valence-electron chi connectivity index (χ1n) is 12.8. The summed E-state index contributed by atoms with van der Waals surface area (Å²) in [6.45, 7) is 1.44. The van der Waals surface area contributed by atoms with Gasteiger partial charge < -0.3 is 28.8 Å². The van der Waals surface area contributed by atoms with Gasteiger partial charge in [0.1, 0.15) is 23.6 Å². The molecule has 5 rings (SSSR count). The van der Waals surface area contributed by atoms with E-state index in [2.05, 4.69) is 0 Å². The Morgan fingerprint density at radius 3 is 1.36 bits per heavy atom. The second kappa shape index (κ2) is 12.6. The maximum atomic E-state index is 12.8. The molecule has 8 bridgehead atoms. The number of benzene rings is 4. The first-order valence-corrected chi connectivity index (χ1v) is 13.8. The highest BCUT2D eigenvalue weighted by atomic mass is 127. The number of nitro groups is 4. The van der Waals surface area contributed by atoms with Gasteiger partial charge in [-0.2, -0.15) is 0 Å². The first kappa shape index (κ1) is 32.1. The molecule has 0 amide bonds. The van der Waals surface area contributed by atoms with Crippen LogP contribution in [0, 0.1) is 44.0 Å². The average Bonchev–Trinajstić information content (AvgIpc) is 3.00. The summed E-state index contributed by atoms with van der Waals surface area (Å²) in [6, 6.07) is 8.39. The Bertz CT molecular complexity index is 1910. The van der Waals surface area contributed by atoms with E-state index >= 15 is 0 Å². The molecule has 0 aromatic heterocycles. The maximum Gasteiger partial charge on any atom is 0.338 e. The van der Waals surface area contributed by atoms with Crippen LogP contribution < -0.4 is 18.9 Å². The van der Waals surface area contributed by atoms with Crippen LogP contribution in [-0.4, -0.2) is 37.4 Å². The molecule has 47 heavy (non-hydrogen) atoms. The highest BCUT2D eigenvalue weighted by molar-refractivity contribution is 14.1. The fourth-order valence-electron chi connectivity index (χ4n) is 4.17. The number of carbonyl (C=O) groups excluding carboxylic acids is 1. The van der Waals surface area contributed by atoms with Crippen molar-refractivity contribution >= 4 is 51.3 Å². The highest BCUT2D eigenvalue weighted by Crippen LogP contribution is 2.50. The zero-order chi connectivity index (χ0) is 34.2. The van der Waals surface area contributed by atoms with Crippen molar-refractivity contribution in [1.82, 2.24) is 0 Å². The van der Waals surface area contributed by atoms with E-state index in [1.54, 1.807) is 22.6 Å². The second-order valence-electron chi connectivity index (χ2n) is 9.12. The summed E-state index contributed by atoms with van der Waals surface area (Å²) in [4.78, 5) is 56.6. The average molecular weight is 762 g/mol. The summed E-state index contributed by atoms with van der Waals surface area (Å²) < 4.78 is 27.8. The van der Waals surface area contributed by atoms with Crippen molar-refractivity contribution in [2.24, 2.45) is 0 Å². The molecule has 0 fully saturated rings. The van der Waals surface area contributed by atoms with E-state index in [4.69, 9.17) is 23.7 Å². The van der Waals surface area contributed by atoms with E-state index in [0.29, 0.717) is 12.1 Å². The lowest BCUT2D eigenvalue weighted by Gasteiger charge is -2.17. The largest absolute Gasteiger partial charge is 0.502 e. The van der Waals surface area contributed by atoms with Gasteiger partial charge in [0, 0.05) is 12.1 Å². The van der Waals surface area contributed by atoms with Gasteiger partial charge in [-0.1, -0.05) is 6.07 Å². The summed E-state index contributed by atoms with van der Waals surface area (Å²) in [7, 11) is 0. The van der Waals surface area contributed by atoms with Crippen LogP contribution in [0.25, 0.3) is 0 Å². The number of hydrogen-bond acceptors (Lipinski definition) is 15. The molecule has 0 unspecified atom stereocenters. The predicted octanol–water partition coefficient (Wildman–Crippen LogP) is 7.29. The minimum atomic E-state index is -0.985. The molecule has 20 heteroatoms. The summed E-state index contributed by atoms with van der Waals surface area (Å²) >= 11 is 1.65. The minimum absolute atomic E-state index is 0.0316. The SMILES string of the molecule is CCOC(=O)c1cc2c(I)c(c1)Oc1cc(c([N+](=O)[O-])cc1[N+](=O)[O-])Oc1cccc(c1O)Oc1cc(c([N+](=O)[O-])cc1[N+](=O)[O-])O2. The number of ether oxygens (including phenoxy) is 5. The number of rotatable bonds is 6. The van der Waals surface area contributed by atoms with Crippen molar-refractivity contribution < 1.29 is 53.3 Å². The van der Waals surface area contributed by atoms with Crippen molar-refractivity contribution in [3.8, 4) is 51.7 Å². The summed E-state index contributed by atoms with van der Waals surface area (Å²) in [6.07, 6.45) is 0. The molecule has 1 aliphatic heterocycles. The Morgan fingerprint density at radius 2 is 1.02 bits per heavy atom. The van der Waals surface area contributed by atoms with E-state index in [0.717, 1.165) is 36.4 Å². The summed E-state index contributed by atoms with van der Waals surface area (Å²) in [5.74, 6) is -5.92. The number of esters is 1. The van der Waals surface area contributed by atoms with Crippen LogP contribution in [0.5, 0.6) is 51.7 Å². The summed E-state index contributed by atoms with van der Waals surface area (Å²) in [5, 5.41) is 58.7. The monoisotopic (exact) mass is 762 g/mol. The van der Waals surface area contributed by atoms with E-state index < -0.39 is 88.7 Å². The second-order valence-corrected chi connectivity index (χ2v) is 10.2. The Labute approximate surface area is 273 Å². The zero-order valence-corrected chi connectivity index (χ0v) is 25.4. The molecule has 0 aliphatic carbocycles.